The van der Waals surface area contributed by atoms with Crippen molar-refractivity contribution < 1.29 is 18.7 Å². The van der Waals surface area contributed by atoms with Crippen LogP contribution in [-0.2, 0) is 16.0 Å². The molecule has 128 valence electrons. The van der Waals surface area contributed by atoms with E-state index in [4.69, 9.17) is 4.74 Å². The number of carbonyl (C=O) groups is 2. The van der Waals surface area contributed by atoms with Gasteiger partial charge in [0.25, 0.3) is 5.91 Å². The van der Waals surface area contributed by atoms with Crippen LogP contribution in [0, 0.1) is 12.7 Å². The van der Waals surface area contributed by atoms with E-state index in [0.717, 1.165) is 16.9 Å². The van der Waals surface area contributed by atoms with Crippen LogP contribution in [0.15, 0.2) is 28.7 Å². The van der Waals surface area contributed by atoms with Gasteiger partial charge in [-0.25, -0.2) is 9.18 Å². The number of hydrogen-bond donors (Lipinski definition) is 1. The van der Waals surface area contributed by atoms with Crippen molar-refractivity contribution in [3.05, 3.63) is 49.9 Å². The highest BCUT2D eigenvalue weighted by atomic mass is 79.9. The number of anilines is 1. The molecule has 1 amide bonds. The summed E-state index contributed by atoms with van der Waals surface area (Å²) >= 11 is 4.50. The molecule has 0 saturated heterocycles. The molecule has 0 spiro atoms. The third-order valence-electron chi connectivity index (χ3n) is 3.38. The highest BCUT2D eigenvalue weighted by Gasteiger charge is 2.21. The van der Waals surface area contributed by atoms with Gasteiger partial charge >= 0.3 is 5.97 Å². The van der Waals surface area contributed by atoms with Gasteiger partial charge in [-0.05, 0) is 50.1 Å². The van der Waals surface area contributed by atoms with Crippen molar-refractivity contribution in [3.63, 3.8) is 0 Å². The molecule has 0 bridgehead atoms. The van der Waals surface area contributed by atoms with Crippen LogP contribution in [-0.4, -0.2) is 18.0 Å². The van der Waals surface area contributed by atoms with Gasteiger partial charge in [0.1, 0.15) is 10.7 Å². The van der Waals surface area contributed by atoms with Crippen LogP contribution in [0.4, 0.5) is 10.1 Å². The fraction of sp³-hybridized carbons (Fsp3) is 0.294. The molecule has 0 fully saturated rings. The molecule has 1 atom stereocenters. The highest BCUT2D eigenvalue weighted by Crippen LogP contribution is 2.24. The van der Waals surface area contributed by atoms with E-state index in [1.807, 2.05) is 13.8 Å². The number of thiophene rings is 1. The minimum atomic E-state index is -1.03. The van der Waals surface area contributed by atoms with Crippen molar-refractivity contribution in [2.45, 2.75) is 33.3 Å². The van der Waals surface area contributed by atoms with Gasteiger partial charge in [0, 0.05) is 9.35 Å². The van der Waals surface area contributed by atoms with E-state index in [1.54, 1.807) is 12.1 Å². The topological polar surface area (TPSA) is 55.4 Å². The smallest absolute Gasteiger partial charge is 0.349 e. The first-order valence-corrected chi connectivity index (χ1v) is 8.99. The molecule has 4 nitrogen and oxygen atoms in total. The number of amides is 1. The van der Waals surface area contributed by atoms with E-state index < -0.39 is 23.8 Å². The lowest BCUT2D eigenvalue weighted by Crippen LogP contribution is -2.30. The Bertz CT molecular complexity index is 775. The predicted octanol–water partition coefficient (Wildman–Crippen LogP) is 4.70. The SMILES string of the molecule is CCc1sc(C(=O)O[C@@H](C)C(=O)Nc2ccc(Br)cc2F)cc1C. The molecule has 0 saturated carbocycles. The van der Waals surface area contributed by atoms with Gasteiger partial charge in [-0.3, -0.25) is 4.79 Å². The number of ether oxygens (including phenoxy) is 1. The third-order valence-corrected chi connectivity index (χ3v) is 5.24. The summed E-state index contributed by atoms with van der Waals surface area (Å²) in [6.45, 7) is 5.39. The summed E-state index contributed by atoms with van der Waals surface area (Å²) < 4.78 is 19.5. The second-order valence-corrected chi connectivity index (χ2v) is 7.28. The summed E-state index contributed by atoms with van der Waals surface area (Å²) in [6.07, 6.45) is -0.198. The van der Waals surface area contributed by atoms with E-state index in [2.05, 4.69) is 21.2 Å². The maximum Gasteiger partial charge on any atom is 0.349 e. The molecule has 1 N–H and O–H groups in total. The summed E-state index contributed by atoms with van der Waals surface area (Å²) in [5.41, 5.74) is 1.06. The van der Waals surface area contributed by atoms with Crippen molar-refractivity contribution in [1.29, 1.82) is 0 Å². The molecular formula is C17H17BrFNO3S. The van der Waals surface area contributed by atoms with Crippen LogP contribution in [0.2, 0.25) is 0 Å². The van der Waals surface area contributed by atoms with E-state index in [-0.39, 0.29) is 5.69 Å². The summed E-state index contributed by atoms with van der Waals surface area (Å²) in [7, 11) is 0. The van der Waals surface area contributed by atoms with Gasteiger partial charge in [-0.2, -0.15) is 0 Å². The second kappa shape index (κ2) is 7.90. The monoisotopic (exact) mass is 413 g/mol. The zero-order valence-electron chi connectivity index (χ0n) is 13.5. The van der Waals surface area contributed by atoms with Crippen molar-refractivity contribution >= 4 is 44.8 Å². The molecule has 7 heteroatoms. The molecule has 24 heavy (non-hydrogen) atoms. The predicted molar refractivity (Wildman–Crippen MR) is 96.0 cm³/mol. The van der Waals surface area contributed by atoms with Crippen LogP contribution in [0.5, 0.6) is 0 Å². The molecular weight excluding hydrogens is 397 g/mol. The van der Waals surface area contributed by atoms with Crippen LogP contribution in [0.3, 0.4) is 0 Å². The lowest BCUT2D eigenvalue weighted by molar-refractivity contribution is -0.123. The summed E-state index contributed by atoms with van der Waals surface area (Å²) in [4.78, 5) is 25.8. The number of hydrogen-bond acceptors (Lipinski definition) is 4. The van der Waals surface area contributed by atoms with Gasteiger partial charge < -0.3 is 10.1 Å². The molecule has 1 heterocycles. The zero-order chi connectivity index (χ0) is 17.9. The highest BCUT2D eigenvalue weighted by molar-refractivity contribution is 9.10. The zero-order valence-corrected chi connectivity index (χ0v) is 15.9. The molecule has 2 aromatic rings. The Morgan fingerprint density at radius 1 is 1.38 bits per heavy atom. The average Bonchev–Trinajstić information content (AvgIpc) is 2.91. The van der Waals surface area contributed by atoms with Gasteiger partial charge in [0.05, 0.1) is 5.69 Å². The van der Waals surface area contributed by atoms with Crippen molar-refractivity contribution in [3.8, 4) is 0 Å². The standard InChI is InChI=1S/C17H17BrFNO3S/c1-4-14-9(2)7-15(24-14)17(22)23-10(3)16(21)20-13-6-5-11(18)8-12(13)19/h5-8,10H,4H2,1-3H3,(H,20,21)/t10-/m0/s1. The summed E-state index contributed by atoms with van der Waals surface area (Å²) in [5.74, 6) is -1.71. The summed E-state index contributed by atoms with van der Waals surface area (Å²) in [6, 6.07) is 6.04. The Morgan fingerprint density at radius 3 is 2.67 bits per heavy atom. The first-order valence-electron chi connectivity index (χ1n) is 7.38. The first-order chi connectivity index (χ1) is 11.3. The van der Waals surface area contributed by atoms with Crippen LogP contribution in [0.25, 0.3) is 0 Å². The Labute approximate surface area is 152 Å². The normalized spacial score (nSPS) is 11.9. The molecule has 0 aliphatic heterocycles. The maximum atomic E-state index is 13.7. The number of esters is 1. The fourth-order valence-electron chi connectivity index (χ4n) is 2.07. The van der Waals surface area contributed by atoms with Gasteiger partial charge in [0.15, 0.2) is 6.10 Å². The van der Waals surface area contributed by atoms with Gasteiger partial charge in [-0.1, -0.05) is 22.9 Å². The number of halogens is 2. The molecule has 0 unspecified atom stereocenters. The van der Waals surface area contributed by atoms with E-state index in [1.165, 1.54) is 30.4 Å². The van der Waals surface area contributed by atoms with Gasteiger partial charge in [-0.15, -0.1) is 11.3 Å². The van der Waals surface area contributed by atoms with Gasteiger partial charge in [0.2, 0.25) is 0 Å². The molecule has 1 aromatic heterocycles. The minimum Gasteiger partial charge on any atom is -0.448 e. The molecule has 0 aliphatic carbocycles. The molecule has 0 radical (unpaired) electrons. The number of carbonyl (C=O) groups excluding carboxylic acids is 2. The number of benzene rings is 1. The second-order valence-electron chi connectivity index (χ2n) is 5.23. The average molecular weight is 414 g/mol. The Hall–Kier alpha value is -1.73. The number of rotatable bonds is 5. The fourth-order valence-corrected chi connectivity index (χ4v) is 3.40. The van der Waals surface area contributed by atoms with Crippen LogP contribution < -0.4 is 5.32 Å². The van der Waals surface area contributed by atoms with E-state index in [9.17, 15) is 14.0 Å². The Balaban J connectivity index is 2.01. The lowest BCUT2D eigenvalue weighted by atomic mass is 10.2. The third kappa shape index (κ3) is 4.42. The first kappa shape index (κ1) is 18.6. The van der Waals surface area contributed by atoms with Crippen molar-refractivity contribution in [1.82, 2.24) is 0 Å². The van der Waals surface area contributed by atoms with Crippen molar-refractivity contribution in [2.75, 3.05) is 5.32 Å². The lowest BCUT2D eigenvalue weighted by Gasteiger charge is -2.13. The van der Waals surface area contributed by atoms with Crippen LogP contribution in [0.1, 0.15) is 34.0 Å². The molecule has 1 aromatic carbocycles. The largest absolute Gasteiger partial charge is 0.448 e. The van der Waals surface area contributed by atoms with Crippen LogP contribution >= 0.6 is 27.3 Å². The number of aryl methyl sites for hydroxylation is 2. The Morgan fingerprint density at radius 2 is 2.08 bits per heavy atom. The van der Waals surface area contributed by atoms with Crippen molar-refractivity contribution in [2.24, 2.45) is 0 Å². The van der Waals surface area contributed by atoms with E-state index in [0.29, 0.717) is 9.35 Å². The quantitative estimate of drug-likeness (QED) is 0.722. The molecule has 2 rings (SSSR count). The number of nitrogens with one attached hydrogen (secondary N) is 1. The minimum absolute atomic E-state index is 0.0336. The molecule has 0 aliphatic rings. The Kier molecular flexibility index (Phi) is 6.12. The maximum absolute atomic E-state index is 13.7. The summed E-state index contributed by atoms with van der Waals surface area (Å²) in [5, 5.41) is 2.41. The van der Waals surface area contributed by atoms with E-state index >= 15 is 0 Å².